The van der Waals surface area contributed by atoms with Crippen molar-refractivity contribution in [1.82, 2.24) is 15.0 Å². The van der Waals surface area contributed by atoms with Gasteiger partial charge in [-0.15, -0.1) is 0 Å². The highest BCUT2D eigenvalue weighted by Gasteiger charge is 2.40. The number of nitrogens with two attached hydrogens (primary N) is 1. The molecule has 5 nitrogen and oxygen atoms in total. The van der Waals surface area contributed by atoms with Crippen LogP contribution in [0.4, 0.5) is 0 Å². The van der Waals surface area contributed by atoms with Crippen molar-refractivity contribution in [2.24, 2.45) is 11.7 Å². The van der Waals surface area contributed by atoms with Crippen molar-refractivity contribution in [3.63, 3.8) is 0 Å². The zero-order chi connectivity index (χ0) is 14.3. The molecule has 2 bridgehead atoms. The molecular formula is C15H26N4O. The van der Waals surface area contributed by atoms with Gasteiger partial charge in [-0.2, -0.15) is 4.98 Å². The van der Waals surface area contributed by atoms with E-state index in [0.717, 1.165) is 25.1 Å². The molecule has 0 aliphatic carbocycles. The first-order valence-electron chi connectivity index (χ1n) is 7.91. The summed E-state index contributed by atoms with van der Waals surface area (Å²) in [6.45, 7) is 4.26. The van der Waals surface area contributed by atoms with Crippen LogP contribution in [-0.4, -0.2) is 34.2 Å². The summed E-state index contributed by atoms with van der Waals surface area (Å²) in [7, 11) is 2.25. The summed E-state index contributed by atoms with van der Waals surface area (Å²) in [4.78, 5) is 7.13. The minimum absolute atomic E-state index is 0.135. The van der Waals surface area contributed by atoms with Gasteiger partial charge in [-0.25, -0.2) is 0 Å². The second-order valence-corrected chi connectivity index (χ2v) is 6.62. The van der Waals surface area contributed by atoms with Crippen LogP contribution in [0.2, 0.25) is 0 Å². The molecule has 2 aliphatic rings. The van der Waals surface area contributed by atoms with Crippen LogP contribution in [0.1, 0.15) is 69.6 Å². The molecule has 0 aromatic carbocycles. The molecule has 1 aromatic rings. The lowest BCUT2D eigenvalue weighted by molar-refractivity contribution is 0.157. The largest absolute Gasteiger partial charge is 0.338 e. The van der Waals surface area contributed by atoms with Gasteiger partial charge < -0.3 is 15.2 Å². The van der Waals surface area contributed by atoms with Crippen LogP contribution in [0.3, 0.4) is 0 Å². The summed E-state index contributed by atoms with van der Waals surface area (Å²) in [5.41, 5.74) is 6.18. The predicted octanol–water partition coefficient (Wildman–Crippen LogP) is 2.46. The molecule has 5 heteroatoms. The second-order valence-electron chi connectivity index (χ2n) is 6.62. The standard InChI is InChI=1S/C15H26N4O/c1-4-9(2)13(16)15-17-14(18-20-15)10-7-11-5-6-12(8-10)19(11)3/h9-13H,4-8,16H2,1-3H3/t9?,10?,11?,12?,13-/m0/s1. The highest BCUT2D eigenvalue weighted by Crippen LogP contribution is 2.41. The summed E-state index contributed by atoms with van der Waals surface area (Å²) in [6.07, 6.45) is 5.97. The number of nitrogens with zero attached hydrogens (tertiary/aromatic N) is 3. The maximum Gasteiger partial charge on any atom is 0.243 e. The van der Waals surface area contributed by atoms with Gasteiger partial charge in [0, 0.05) is 18.0 Å². The van der Waals surface area contributed by atoms with Gasteiger partial charge in [0.2, 0.25) is 5.89 Å². The number of piperidine rings is 1. The molecule has 20 heavy (non-hydrogen) atoms. The van der Waals surface area contributed by atoms with E-state index in [9.17, 15) is 0 Å². The van der Waals surface area contributed by atoms with Crippen molar-refractivity contribution in [1.29, 1.82) is 0 Å². The Morgan fingerprint density at radius 2 is 2.00 bits per heavy atom. The van der Waals surface area contributed by atoms with E-state index in [1.54, 1.807) is 0 Å². The van der Waals surface area contributed by atoms with Crippen molar-refractivity contribution in [2.75, 3.05) is 7.05 Å². The summed E-state index contributed by atoms with van der Waals surface area (Å²) < 4.78 is 5.42. The molecule has 3 unspecified atom stereocenters. The average molecular weight is 278 g/mol. The van der Waals surface area contributed by atoms with E-state index >= 15 is 0 Å². The fraction of sp³-hybridized carbons (Fsp3) is 0.867. The lowest BCUT2D eigenvalue weighted by atomic mass is 9.90. The second kappa shape index (κ2) is 5.45. The molecule has 2 aliphatic heterocycles. The maximum atomic E-state index is 6.18. The molecule has 112 valence electrons. The van der Waals surface area contributed by atoms with Crippen LogP contribution in [0, 0.1) is 5.92 Å². The Balaban J connectivity index is 1.71. The number of aromatic nitrogens is 2. The molecule has 3 rings (SSSR count). The monoisotopic (exact) mass is 278 g/mol. The molecule has 0 radical (unpaired) electrons. The quantitative estimate of drug-likeness (QED) is 0.916. The van der Waals surface area contributed by atoms with Gasteiger partial charge in [0.25, 0.3) is 0 Å². The van der Waals surface area contributed by atoms with Crippen molar-refractivity contribution >= 4 is 0 Å². The molecule has 2 saturated heterocycles. The molecule has 0 spiro atoms. The van der Waals surface area contributed by atoms with Crippen LogP contribution >= 0.6 is 0 Å². The minimum atomic E-state index is -0.135. The third kappa shape index (κ3) is 2.37. The Labute approximate surface area is 120 Å². The van der Waals surface area contributed by atoms with Crippen molar-refractivity contribution < 1.29 is 4.52 Å². The lowest BCUT2D eigenvalue weighted by Crippen LogP contribution is -2.39. The van der Waals surface area contributed by atoms with E-state index in [1.165, 1.54) is 12.8 Å². The topological polar surface area (TPSA) is 68.2 Å². The Morgan fingerprint density at radius 3 is 2.60 bits per heavy atom. The number of hydrogen-bond acceptors (Lipinski definition) is 5. The maximum absolute atomic E-state index is 6.18. The zero-order valence-electron chi connectivity index (χ0n) is 12.7. The Morgan fingerprint density at radius 1 is 1.35 bits per heavy atom. The molecule has 1 aromatic heterocycles. The molecule has 2 fully saturated rings. The van der Waals surface area contributed by atoms with E-state index < -0.39 is 0 Å². The SMILES string of the molecule is CCC(C)[C@H](N)c1nc(C2CC3CCC(C2)N3C)no1. The fourth-order valence-electron chi connectivity index (χ4n) is 3.67. The molecular weight excluding hydrogens is 252 g/mol. The highest BCUT2D eigenvalue weighted by atomic mass is 16.5. The van der Waals surface area contributed by atoms with Crippen LogP contribution in [0.5, 0.6) is 0 Å². The Bertz CT molecular complexity index is 446. The molecule has 0 amide bonds. The van der Waals surface area contributed by atoms with Gasteiger partial charge in [0.05, 0.1) is 6.04 Å². The smallest absolute Gasteiger partial charge is 0.243 e. The molecule has 4 atom stereocenters. The molecule has 0 saturated carbocycles. The van der Waals surface area contributed by atoms with Crippen LogP contribution in [0.15, 0.2) is 4.52 Å². The van der Waals surface area contributed by atoms with E-state index in [1.807, 2.05) is 0 Å². The zero-order valence-corrected chi connectivity index (χ0v) is 12.7. The van der Waals surface area contributed by atoms with Crippen LogP contribution < -0.4 is 5.73 Å². The highest BCUT2D eigenvalue weighted by molar-refractivity contribution is 5.06. The fourth-order valence-corrected chi connectivity index (χ4v) is 3.67. The van der Waals surface area contributed by atoms with Gasteiger partial charge in [-0.1, -0.05) is 25.4 Å². The van der Waals surface area contributed by atoms with Gasteiger partial charge in [-0.05, 0) is 38.6 Å². The van der Waals surface area contributed by atoms with Gasteiger partial charge in [0.1, 0.15) is 0 Å². The normalized spacial score (nSPS) is 33.3. The van der Waals surface area contributed by atoms with E-state index in [-0.39, 0.29) is 6.04 Å². The first kappa shape index (κ1) is 14.0. The van der Waals surface area contributed by atoms with Crippen molar-refractivity contribution in [3.05, 3.63) is 11.7 Å². The van der Waals surface area contributed by atoms with Crippen molar-refractivity contribution in [3.8, 4) is 0 Å². The van der Waals surface area contributed by atoms with Gasteiger partial charge >= 0.3 is 0 Å². The lowest BCUT2D eigenvalue weighted by Gasteiger charge is -2.34. The number of fused-ring (bicyclic) bond motifs is 2. The summed E-state index contributed by atoms with van der Waals surface area (Å²) in [5.74, 6) is 2.31. The van der Waals surface area contributed by atoms with Crippen LogP contribution in [0.25, 0.3) is 0 Å². The molecule has 3 heterocycles. The van der Waals surface area contributed by atoms with Crippen LogP contribution in [-0.2, 0) is 0 Å². The van der Waals surface area contributed by atoms with E-state index in [2.05, 4.69) is 35.9 Å². The predicted molar refractivity (Wildman–Crippen MR) is 77.2 cm³/mol. The Hall–Kier alpha value is -0.940. The Kier molecular flexibility index (Phi) is 3.82. The molecule has 2 N–H and O–H groups in total. The first-order valence-corrected chi connectivity index (χ1v) is 7.91. The number of hydrogen-bond donors (Lipinski definition) is 1. The average Bonchev–Trinajstić information content (AvgIpc) is 3.00. The summed E-state index contributed by atoms with van der Waals surface area (Å²) in [5, 5.41) is 4.21. The van der Waals surface area contributed by atoms with Gasteiger partial charge in [-0.3, -0.25) is 0 Å². The number of rotatable bonds is 4. The summed E-state index contributed by atoms with van der Waals surface area (Å²) >= 11 is 0. The minimum Gasteiger partial charge on any atom is -0.338 e. The third-order valence-electron chi connectivity index (χ3n) is 5.46. The van der Waals surface area contributed by atoms with Crippen molar-refractivity contribution in [2.45, 2.75) is 70.0 Å². The first-order chi connectivity index (χ1) is 9.60. The third-order valence-corrected chi connectivity index (χ3v) is 5.46. The summed E-state index contributed by atoms with van der Waals surface area (Å²) in [6, 6.07) is 1.26. The van der Waals surface area contributed by atoms with Gasteiger partial charge in [0.15, 0.2) is 5.82 Å². The van der Waals surface area contributed by atoms with E-state index in [0.29, 0.717) is 29.8 Å². The van der Waals surface area contributed by atoms with E-state index in [4.69, 9.17) is 10.3 Å².